The van der Waals surface area contributed by atoms with Gasteiger partial charge in [0.05, 0.1) is 12.8 Å². The lowest BCUT2D eigenvalue weighted by Crippen LogP contribution is -2.30. The van der Waals surface area contributed by atoms with E-state index in [2.05, 4.69) is 26.1 Å². The Labute approximate surface area is 150 Å². The van der Waals surface area contributed by atoms with E-state index in [4.69, 9.17) is 9.47 Å². The van der Waals surface area contributed by atoms with Crippen LogP contribution in [0, 0.1) is 6.92 Å². The fraction of sp³-hybridized carbons (Fsp3) is 0.381. The molecule has 1 atom stereocenters. The van der Waals surface area contributed by atoms with E-state index >= 15 is 0 Å². The minimum absolute atomic E-state index is 0.0181. The Kier molecular flexibility index (Phi) is 5.73. The van der Waals surface area contributed by atoms with Crippen molar-refractivity contribution < 1.29 is 14.3 Å². The maximum atomic E-state index is 12.5. The standard InChI is InChI=1S/C21H27NO3/c1-14-7-10-17(11-8-14)25-15(2)20(23)22-18-13-16(21(3,4)5)9-12-19(18)24-6/h7-13,15H,1-6H3,(H,22,23)/t15-/m0/s1. The predicted molar refractivity (Wildman–Crippen MR) is 102 cm³/mol. The second-order valence-electron chi connectivity index (χ2n) is 7.23. The van der Waals surface area contributed by atoms with Crippen molar-refractivity contribution in [3.8, 4) is 11.5 Å². The molecule has 1 amide bonds. The third-order valence-electron chi connectivity index (χ3n) is 4.03. The lowest BCUT2D eigenvalue weighted by molar-refractivity contribution is -0.122. The molecule has 25 heavy (non-hydrogen) atoms. The number of hydrogen-bond acceptors (Lipinski definition) is 3. The summed E-state index contributed by atoms with van der Waals surface area (Å²) in [6, 6.07) is 13.5. The van der Waals surface area contributed by atoms with Crippen LogP contribution in [0.2, 0.25) is 0 Å². The molecule has 0 aromatic heterocycles. The summed E-state index contributed by atoms with van der Waals surface area (Å²) in [6.45, 7) is 10.1. The first-order valence-corrected chi connectivity index (χ1v) is 8.43. The summed E-state index contributed by atoms with van der Waals surface area (Å²) >= 11 is 0. The number of aryl methyl sites for hydroxylation is 1. The molecule has 0 aliphatic heterocycles. The summed E-state index contributed by atoms with van der Waals surface area (Å²) in [7, 11) is 1.59. The van der Waals surface area contributed by atoms with E-state index < -0.39 is 6.10 Å². The highest BCUT2D eigenvalue weighted by Crippen LogP contribution is 2.31. The van der Waals surface area contributed by atoms with E-state index in [-0.39, 0.29) is 11.3 Å². The van der Waals surface area contributed by atoms with Gasteiger partial charge in [0.2, 0.25) is 0 Å². The average Bonchev–Trinajstić information content (AvgIpc) is 2.56. The predicted octanol–water partition coefficient (Wildman–Crippen LogP) is 4.71. The first-order valence-electron chi connectivity index (χ1n) is 8.43. The lowest BCUT2D eigenvalue weighted by atomic mass is 9.87. The van der Waals surface area contributed by atoms with Gasteiger partial charge < -0.3 is 14.8 Å². The molecule has 134 valence electrons. The number of ether oxygens (including phenoxy) is 2. The largest absolute Gasteiger partial charge is 0.495 e. The molecule has 4 heteroatoms. The molecule has 0 fully saturated rings. The van der Waals surface area contributed by atoms with Crippen molar-refractivity contribution in [2.24, 2.45) is 0 Å². The molecule has 2 aromatic carbocycles. The molecule has 2 aromatic rings. The van der Waals surface area contributed by atoms with Gasteiger partial charge >= 0.3 is 0 Å². The van der Waals surface area contributed by atoms with Crippen LogP contribution in [-0.4, -0.2) is 19.1 Å². The van der Waals surface area contributed by atoms with Crippen LogP contribution in [0.4, 0.5) is 5.69 Å². The van der Waals surface area contributed by atoms with Gasteiger partial charge in [-0.2, -0.15) is 0 Å². The molecule has 0 heterocycles. The van der Waals surface area contributed by atoms with Crippen LogP contribution in [0.1, 0.15) is 38.8 Å². The summed E-state index contributed by atoms with van der Waals surface area (Å²) in [5, 5.41) is 2.92. The first kappa shape index (κ1) is 18.8. The van der Waals surface area contributed by atoms with E-state index in [0.29, 0.717) is 17.2 Å². The van der Waals surface area contributed by atoms with E-state index in [1.165, 1.54) is 0 Å². The molecule has 2 rings (SSSR count). The molecule has 0 aliphatic carbocycles. The molecule has 0 radical (unpaired) electrons. The van der Waals surface area contributed by atoms with Crippen molar-refractivity contribution in [1.29, 1.82) is 0 Å². The Balaban J connectivity index is 2.14. The molecule has 0 unspecified atom stereocenters. The van der Waals surface area contributed by atoms with Crippen molar-refractivity contribution in [1.82, 2.24) is 0 Å². The zero-order valence-electron chi connectivity index (χ0n) is 15.8. The van der Waals surface area contributed by atoms with Gasteiger partial charge in [-0.05, 0) is 49.1 Å². The van der Waals surface area contributed by atoms with Crippen molar-refractivity contribution in [3.63, 3.8) is 0 Å². The van der Waals surface area contributed by atoms with E-state index in [9.17, 15) is 4.79 Å². The molecular formula is C21H27NO3. The van der Waals surface area contributed by atoms with Crippen LogP contribution >= 0.6 is 0 Å². The molecule has 0 saturated heterocycles. The van der Waals surface area contributed by atoms with Crippen molar-refractivity contribution in [2.75, 3.05) is 12.4 Å². The van der Waals surface area contributed by atoms with E-state index in [1.807, 2.05) is 49.4 Å². The third-order valence-corrected chi connectivity index (χ3v) is 4.03. The van der Waals surface area contributed by atoms with Crippen molar-refractivity contribution in [2.45, 2.75) is 46.1 Å². The molecule has 0 spiro atoms. The Hall–Kier alpha value is -2.49. The normalized spacial score (nSPS) is 12.4. The number of carbonyl (C=O) groups is 1. The molecule has 1 N–H and O–H groups in total. The number of benzene rings is 2. The smallest absolute Gasteiger partial charge is 0.265 e. The lowest BCUT2D eigenvalue weighted by Gasteiger charge is -2.22. The molecule has 0 aliphatic rings. The van der Waals surface area contributed by atoms with Gasteiger partial charge in [-0.25, -0.2) is 0 Å². The topological polar surface area (TPSA) is 47.6 Å². The number of carbonyl (C=O) groups excluding carboxylic acids is 1. The maximum absolute atomic E-state index is 12.5. The Morgan fingerprint density at radius 1 is 1.08 bits per heavy atom. The van der Waals surface area contributed by atoms with Gasteiger partial charge in [-0.1, -0.05) is 44.5 Å². The molecule has 0 bridgehead atoms. The number of nitrogens with one attached hydrogen (secondary N) is 1. The van der Waals surface area contributed by atoms with Gasteiger partial charge in [0.25, 0.3) is 5.91 Å². The fourth-order valence-electron chi connectivity index (χ4n) is 2.38. The van der Waals surface area contributed by atoms with Crippen LogP contribution in [0.5, 0.6) is 11.5 Å². The minimum Gasteiger partial charge on any atom is -0.495 e. The minimum atomic E-state index is -0.620. The van der Waals surface area contributed by atoms with E-state index in [1.54, 1.807) is 14.0 Å². The van der Waals surface area contributed by atoms with Crippen LogP contribution < -0.4 is 14.8 Å². The second-order valence-corrected chi connectivity index (χ2v) is 7.23. The van der Waals surface area contributed by atoms with Gasteiger partial charge in [0.15, 0.2) is 6.10 Å². The second kappa shape index (κ2) is 7.60. The monoisotopic (exact) mass is 341 g/mol. The quantitative estimate of drug-likeness (QED) is 0.857. The molecular weight excluding hydrogens is 314 g/mol. The average molecular weight is 341 g/mol. The van der Waals surface area contributed by atoms with Crippen LogP contribution in [0.3, 0.4) is 0 Å². The summed E-state index contributed by atoms with van der Waals surface area (Å²) in [5.41, 5.74) is 2.90. The number of methoxy groups -OCH3 is 1. The van der Waals surface area contributed by atoms with Crippen LogP contribution in [0.25, 0.3) is 0 Å². The summed E-state index contributed by atoms with van der Waals surface area (Å²) in [5.74, 6) is 1.08. The van der Waals surface area contributed by atoms with Gasteiger partial charge in [0.1, 0.15) is 11.5 Å². The SMILES string of the molecule is COc1ccc(C(C)(C)C)cc1NC(=O)[C@H](C)Oc1ccc(C)cc1. The van der Waals surface area contributed by atoms with E-state index in [0.717, 1.165) is 11.1 Å². The fourth-order valence-corrected chi connectivity index (χ4v) is 2.38. The number of hydrogen-bond donors (Lipinski definition) is 1. The molecule has 4 nitrogen and oxygen atoms in total. The Bertz CT molecular complexity index is 730. The Morgan fingerprint density at radius 3 is 2.28 bits per heavy atom. The van der Waals surface area contributed by atoms with Crippen molar-refractivity contribution >= 4 is 11.6 Å². The van der Waals surface area contributed by atoms with Crippen LogP contribution in [-0.2, 0) is 10.2 Å². The summed E-state index contributed by atoms with van der Waals surface area (Å²) in [4.78, 5) is 12.5. The number of rotatable bonds is 5. The first-order chi connectivity index (χ1) is 11.7. The maximum Gasteiger partial charge on any atom is 0.265 e. The van der Waals surface area contributed by atoms with Gasteiger partial charge in [-0.3, -0.25) is 4.79 Å². The zero-order chi connectivity index (χ0) is 18.6. The number of amides is 1. The molecule has 0 saturated carbocycles. The van der Waals surface area contributed by atoms with Gasteiger partial charge in [-0.15, -0.1) is 0 Å². The highest BCUT2D eigenvalue weighted by molar-refractivity contribution is 5.95. The number of anilines is 1. The Morgan fingerprint density at radius 2 is 1.72 bits per heavy atom. The third kappa shape index (κ3) is 4.99. The van der Waals surface area contributed by atoms with Crippen LogP contribution in [0.15, 0.2) is 42.5 Å². The highest BCUT2D eigenvalue weighted by atomic mass is 16.5. The van der Waals surface area contributed by atoms with Gasteiger partial charge in [0, 0.05) is 0 Å². The summed E-state index contributed by atoms with van der Waals surface area (Å²) in [6.07, 6.45) is -0.620. The summed E-state index contributed by atoms with van der Waals surface area (Å²) < 4.78 is 11.1. The zero-order valence-corrected chi connectivity index (χ0v) is 15.8. The van der Waals surface area contributed by atoms with Crippen molar-refractivity contribution in [3.05, 3.63) is 53.6 Å². The highest BCUT2D eigenvalue weighted by Gasteiger charge is 2.20.